The van der Waals surface area contributed by atoms with E-state index in [9.17, 15) is 9.59 Å². The summed E-state index contributed by atoms with van der Waals surface area (Å²) in [6.07, 6.45) is 2.94. The van der Waals surface area contributed by atoms with Gasteiger partial charge in [-0.05, 0) is 43.4 Å². The first-order valence-corrected chi connectivity index (χ1v) is 11.2. The van der Waals surface area contributed by atoms with Crippen LogP contribution in [0.25, 0.3) is 0 Å². The maximum Gasteiger partial charge on any atom is 0.303 e. The van der Waals surface area contributed by atoms with Crippen LogP contribution in [0.2, 0.25) is 5.15 Å². The van der Waals surface area contributed by atoms with Crippen molar-refractivity contribution >= 4 is 41.1 Å². The number of anilines is 2. The van der Waals surface area contributed by atoms with E-state index < -0.39 is 5.91 Å². The summed E-state index contributed by atoms with van der Waals surface area (Å²) < 4.78 is 10.9. The molecule has 0 fully saturated rings. The van der Waals surface area contributed by atoms with Crippen molar-refractivity contribution in [2.24, 2.45) is 0 Å². The molecule has 0 saturated carbocycles. The van der Waals surface area contributed by atoms with Gasteiger partial charge in [0.1, 0.15) is 18.5 Å². The monoisotopic (exact) mass is 491 g/mol. The number of ether oxygens (including phenoxy) is 2. The number of carbonyl (C=O) groups is 2. The summed E-state index contributed by atoms with van der Waals surface area (Å²) in [5, 5.41) is 12.9. The Balaban J connectivity index is 1.67. The van der Waals surface area contributed by atoms with Crippen LogP contribution >= 0.6 is 11.6 Å². The summed E-state index contributed by atoms with van der Waals surface area (Å²) in [7, 11) is 0. The third kappa shape index (κ3) is 8.74. The van der Waals surface area contributed by atoms with Gasteiger partial charge in [-0.15, -0.1) is 0 Å². The van der Waals surface area contributed by atoms with Crippen LogP contribution in [0.3, 0.4) is 0 Å². The molecule has 1 unspecified atom stereocenters. The minimum atomic E-state index is -0.704. The number of halogens is 1. The lowest BCUT2D eigenvalue weighted by Crippen LogP contribution is -2.41. The number of amides is 1. The Morgan fingerprint density at radius 3 is 2.50 bits per heavy atom. The number of carbonyl (C=O) groups excluding carboxylic acids is 2. The standard InChI is InChI=1S/C22H30ClN7O4/c1-3-15(34-13(2)31)12-33-16-9-7-14(8-10-16)6-4-5-11-27-22(26)30-21(32)17-19(24)29-20(25)18(23)28-17/h7-10,15H,3-6,11-12H2,1-2H3,(H4,24,25,29)(H3,26,27,30,32). The first-order chi connectivity index (χ1) is 16.2. The fourth-order valence-corrected chi connectivity index (χ4v) is 3.03. The van der Waals surface area contributed by atoms with Gasteiger partial charge in [-0.25, -0.2) is 9.97 Å². The Kier molecular flexibility index (Phi) is 10.3. The second-order valence-corrected chi connectivity index (χ2v) is 7.80. The molecule has 1 atom stereocenters. The van der Waals surface area contributed by atoms with E-state index in [1.54, 1.807) is 0 Å². The molecule has 184 valence electrons. The lowest BCUT2D eigenvalue weighted by atomic mass is 10.1. The summed E-state index contributed by atoms with van der Waals surface area (Å²) in [6.45, 7) is 4.13. The number of aryl methyl sites for hydroxylation is 1. The molecular formula is C22H30ClN7O4. The van der Waals surface area contributed by atoms with Crippen LogP contribution in [0, 0.1) is 5.41 Å². The van der Waals surface area contributed by atoms with Gasteiger partial charge >= 0.3 is 5.97 Å². The largest absolute Gasteiger partial charge is 0.490 e. The molecule has 1 heterocycles. The number of rotatable bonds is 11. The van der Waals surface area contributed by atoms with Crippen LogP contribution < -0.4 is 26.8 Å². The molecular weight excluding hydrogens is 462 g/mol. The summed E-state index contributed by atoms with van der Waals surface area (Å²) >= 11 is 5.77. The number of nitrogen functional groups attached to an aromatic ring is 2. The molecule has 11 nitrogen and oxygen atoms in total. The van der Waals surface area contributed by atoms with E-state index in [0.717, 1.165) is 24.8 Å². The molecule has 0 aliphatic carbocycles. The topological polar surface area (TPSA) is 178 Å². The zero-order chi connectivity index (χ0) is 25.1. The van der Waals surface area contributed by atoms with Gasteiger partial charge in [-0.2, -0.15) is 0 Å². The molecule has 1 aromatic carbocycles. The minimum absolute atomic E-state index is 0.0736. The molecule has 0 bridgehead atoms. The van der Waals surface area contributed by atoms with E-state index in [-0.39, 0.29) is 40.5 Å². The van der Waals surface area contributed by atoms with E-state index in [4.69, 9.17) is 38.0 Å². The Hall–Kier alpha value is -3.60. The summed E-state index contributed by atoms with van der Waals surface area (Å²) in [5.41, 5.74) is 12.1. The molecule has 34 heavy (non-hydrogen) atoms. The molecule has 0 radical (unpaired) electrons. The third-order valence-electron chi connectivity index (χ3n) is 4.70. The second-order valence-electron chi connectivity index (χ2n) is 7.44. The lowest BCUT2D eigenvalue weighted by Gasteiger charge is -2.16. The quantitative estimate of drug-likeness (QED) is 0.136. The number of aromatic nitrogens is 2. The van der Waals surface area contributed by atoms with Crippen molar-refractivity contribution in [2.75, 3.05) is 24.6 Å². The third-order valence-corrected chi connectivity index (χ3v) is 4.98. The van der Waals surface area contributed by atoms with Gasteiger partial charge in [0.05, 0.1) is 0 Å². The molecule has 12 heteroatoms. The van der Waals surface area contributed by atoms with Crippen molar-refractivity contribution < 1.29 is 19.1 Å². The first-order valence-electron chi connectivity index (χ1n) is 10.8. The van der Waals surface area contributed by atoms with E-state index in [2.05, 4.69) is 20.6 Å². The van der Waals surface area contributed by atoms with E-state index in [0.29, 0.717) is 25.3 Å². The fourth-order valence-electron chi connectivity index (χ4n) is 2.90. The highest BCUT2D eigenvalue weighted by atomic mass is 35.5. The van der Waals surface area contributed by atoms with Crippen LogP contribution in [-0.4, -0.2) is 47.1 Å². The Labute approximate surface area is 203 Å². The molecule has 2 aromatic rings. The second kappa shape index (κ2) is 13.2. The molecule has 0 aliphatic rings. The van der Waals surface area contributed by atoms with Gasteiger partial charge in [-0.1, -0.05) is 30.7 Å². The van der Waals surface area contributed by atoms with Gasteiger partial charge in [0, 0.05) is 13.5 Å². The van der Waals surface area contributed by atoms with Crippen LogP contribution in [0.4, 0.5) is 11.6 Å². The normalized spacial score (nSPS) is 11.4. The van der Waals surface area contributed by atoms with Crippen molar-refractivity contribution in [1.82, 2.24) is 20.6 Å². The van der Waals surface area contributed by atoms with Crippen molar-refractivity contribution in [1.29, 1.82) is 5.41 Å². The Bertz CT molecular complexity index is 1000. The Morgan fingerprint density at radius 2 is 1.85 bits per heavy atom. The van der Waals surface area contributed by atoms with Gasteiger partial charge in [-0.3, -0.25) is 20.3 Å². The van der Waals surface area contributed by atoms with Gasteiger partial charge in [0.25, 0.3) is 5.91 Å². The molecule has 0 spiro atoms. The minimum Gasteiger partial charge on any atom is -0.490 e. The summed E-state index contributed by atoms with van der Waals surface area (Å²) in [6, 6.07) is 7.75. The maximum absolute atomic E-state index is 12.2. The average molecular weight is 492 g/mol. The van der Waals surface area contributed by atoms with E-state index >= 15 is 0 Å². The number of nitrogens with two attached hydrogens (primary N) is 2. The first kappa shape index (κ1) is 26.7. The van der Waals surface area contributed by atoms with Crippen molar-refractivity contribution in [2.45, 2.75) is 45.6 Å². The zero-order valence-corrected chi connectivity index (χ0v) is 19.9. The van der Waals surface area contributed by atoms with Crippen molar-refractivity contribution in [3.05, 3.63) is 40.7 Å². The number of nitrogens with one attached hydrogen (secondary N) is 3. The van der Waals surface area contributed by atoms with Crippen molar-refractivity contribution in [3.8, 4) is 5.75 Å². The zero-order valence-electron chi connectivity index (χ0n) is 19.2. The number of hydrogen-bond donors (Lipinski definition) is 5. The van der Waals surface area contributed by atoms with E-state index in [1.165, 1.54) is 6.92 Å². The predicted octanol–water partition coefficient (Wildman–Crippen LogP) is 2.29. The summed E-state index contributed by atoms with van der Waals surface area (Å²) in [5.74, 6) is -0.727. The predicted molar refractivity (Wildman–Crippen MR) is 130 cm³/mol. The molecule has 7 N–H and O–H groups in total. The van der Waals surface area contributed by atoms with Gasteiger partial charge in [0.15, 0.2) is 28.4 Å². The van der Waals surface area contributed by atoms with Gasteiger partial charge < -0.3 is 26.3 Å². The maximum atomic E-state index is 12.2. The molecule has 2 rings (SSSR count). The Morgan fingerprint density at radius 1 is 1.15 bits per heavy atom. The van der Waals surface area contributed by atoms with Crippen LogP contribution in [0.1, 0.15) is 49.2 Å². The number of hydrogen-bond acceptors (Lipinski definition) is 9. The highest BCUT2D eigenvalue weighted by molar-refractivity contribution is 6.31. The van der Waals surface area contributed by atoms with Crippen molar-refractivity contribution in [3.63, 3.8) is 0 Å². The summed E-state index contributed by atoms with van der Waals surface area (Å²) in [4.78, 5) is 30.8. The van der Waals surface area contributed by atoms with Crippen LogP contribution in [0.15, 0.2) is 24.3 Å². The number of benzene rings is 1. The highest BCUT2D eigenvalue weighted by Crippen LogP contribution is 2.17. The SMILES string of the molecule is CCC(COc1ccc(CCCCNC(=N)NC(=O)c2nc(Cl)c(N)nc2N)cc1)OC(C)=O. The van der Waals surface area contributed by atoms with Crippen LogP contribution in [0.5, 0.6) is 5.75 Å². The smallest absolute Gasteiger partial charge is 0.303 e. The number of unbranched alkanes of at least 4 members (excludes halogenated alkanes) is 1. The molecule has 1 aromatic heterocycles. The lowest BCUT2D eigenvalue weighted by molar-refractivity contribution is -0.147. The molecule has 0 aliphatic heterocycles. The molecule has 1 amide bonds. The fraction of sp³-hybridized carbons (Fsp3) is 0.409. The van der Waals surface area contributed by atoms with E-state index in [1.807, 2.05) is 31.2 Å². The molecule has 0 saturated heterocycles. The number of nitrogens with zero attached hydrogens (tertiary/aromatic N) is 2. The number of esters is 1. The van der Waals surface area contributed by atoms with Crippen LogP contribution in [-0.2, 0) is 16.0 Å². The van der Waals surface area contributed by atoms with Gasteiger partial charge in [0.2, 0.25) is 0 Å². The highest BCUT2D eigenvalue weighted by Gasteiger charge is 2.17. The number of guanidine groups is 1. The average Bonchev–Trinajstić information content (AvgIpc) is 2.79.